The van der Waals surface area contributed by atoms with E-state index in [0.29, 0.717) is 34.2 Å². The zero-order valence-corrected chi connectivity index (χ0v) is 14.2. The minimum Gasteiger partial charge on any atom is -0.288 e. The van der Waals surface area contributed by atoms with E-state index in [1.54, 1.807) is 36.7 Å². The van der Waals surface area contributed by atoms with Crippen molar-refractivity contribution in [3.63, 3.8) is 0 Å². The zero-order chi connectivity index (χ0) is 19.4. The van der Waals surface area contributed by atoms with Crippen LogP contribution in [0.4, 0.5) is 8.78 Å². The highest BCUT2D eigenvalue weighted by molar-refractivity contribution is 6.32. The molecule has 0 saturated carbocycles. The monoisotopic (exact) mass is 369 g/mol. The number of benzene rings is 1. The number of rotatable bonds is 0. The van der Waals surface area contributed by atoms with Crippen LogP contribution in [0.25, 0.3) is 22.5 Å². The van der Waals surface area contributed by atoms with Gasteiger partial charge in [0.25, 0.3) is 0 Å². The Labute approximate surface area is 158 Å². The highest BCUT2D eigenvalue weighted by atomic mass is 19.1. The van der Waals surface area contributed by atoms with Gasteiger partial charge in [0.05, 0.1) is 23.0 Å². The molecule has 0 atom stereocenters. The second-order valence-corrected chi connectivity index (χ2v) is 6.38. The predicted molar refractivity (Wildman–Crippen MR) is 97.8 cm³/mol. The highest BCUT2D eigenvalue weighted by Crippen LogP contribution is 2.49. The number of aromatic nitrogens is 2. The third kappa shape index (κ3) is 2.04. The van der Waals surface area contributed by atoms with E-state index in [4.69, 9.17) is 0 Å². The number of halogens is 2. The van der Waals surface area contributed by atoms with E-state index in [9.17, 15) is 18.8 Å². The number of pyridine rings is 2. The maximum absolute atomic E-state index is 14.4. The fourth-order valence-corrected chi connectivity index (χ4v) is 3.87. The molecule has 0 fully saturated rings. The maximum Gasteiger partial charge on any atom is 0.197 e. The SMILES string of the molecule is N#C/C=C1/C(=C2c3cccnc3-c3ncccc32)C(=O)c2c(F)cc(F)cc21. The smallest absolute Gasteiger partial charge is 0.197 e. The van der Waals surface area contributed by atoms with Crippen molar-refractivity contribution >= 4 is 16.9 Å². The number of ketones is 1. The third-order valence-electron chi connectivity index (χ3n) is 4.91. The average Bonchev–Trinajstić information content (AvgIpc) is 3.15. The average molecular weight is 369 g/mol. The molecule has 1 aromatic carbocycles. The first-order valence-electron chi connectivity index (χ1n) is 8.41. The van der Waals surface area contributed by atoms with Gasteiger partial charge in [-0.05, 0) is 18.2 Å². The molecule has 5 rings (SSSR count). The summed E-state index contributed by atoms with van der Waals surface area (Å²) in [5.41, 5.74) is 3.26. The van der Waals surface area contributed by atoms with Gasteiger partial charge in [0.15, 0.2) is 5.78 Å². The van der Waals surface area contributed by atoms with Crippen molar-refractivity contribution in [3.05, 3.63) is 94.3 Å². The van der Waals surface area contributed by atoms with E-state index < -0.39 is 17.4 Å². The molecule has 0 radical (unpaired) electrons. The van der Waals surface area contributed by atoms with Crippen LogP contribution in [0.15, 0.2) is 60.4 Å². The summed E-state index contributed by atoms with van der Waals surface area (Å²) in [6, 6.07) is 10.7. The maximum atomic E-state index is 14.4. The summed E-state index contributed by atoms with van der Waals surface area (Å²) in [4.78, 5) is 22.0. The Morgan fingerprint density at radius 3 is 2.18 bits per heavy atom. The van der Waals surface area contributed by atoms with Crippen LogP contribution >= 0.6 is 0 Å². The van der Waals surface area contributed by atoms with Crippen LogP contribution in [0.1, 0.15) is 27.0 Å². The Kier molecular flexibility index (Phi) is 3.34. The number of nitrogens with zero attached hydrogens (tertiary/aromatic N) is 3. The zero-order valence-electron chi connectivity index (χ0n) is 14.2. The van der Waals surface area contributed by atoms with Gasteiger partial charge in [-0.25, -0.2) is 8.78 Å². The van der Waals surface area contributed by atoms with Gasteiger partial charge in [-0.1, -0.05) is 12.1 Å². The lowest BCUT2D eigenvalue weighted by Gasteiger charge is -2.08. The Bertz CT molecular complexity index is 1270. The van der Waals surface area contributed by atoms with Gasteiger partial charge in [0.2, 0.25) is 0 Å². The van der Waals surface area contributed by atoms with Crippen molar-refractivity contribution in [2.24, 2.45) is 0 Å². The Balaban J connectivity index is 1.93. The van der Waals surface area contributed by atoms with Crippen molar-refractivity contribution in [1.82, 2.24) is 9.97 Å². The van der Waals surface area contributed by atoms with Gasteiger partial charge < -0.3 is 0 Å². The normalized spacial score (nSPS) is 15.5. The molecule has 0 N–H and O–H groups in total. The van der Waals surface area contributed by atoms with Gasteiger partial charge in [-0.3, -0.25) is 14.8 Å². The predicted octanol–water partition coefficient (Wildman–Crippen LogP) is 4.34. The fourth-order valence-electron chi connectivity index (χ4n) is 3.87. The lowest BCUT2D eigenvalue weighted by molar-refractivity contribution is 0.104. The van der Waals surface area contributed by atoms with Crippen molar-refractivity contribution in [2.75, 3.05) is 0 Å². The molecule has 0 spiro atoms. The van der Waals surface area contributed by atoms with Gasteiger partial charge in [-0.15, -0.1) is 0 Å². The minimum atomic E-state index is -0.949. The van der Waals surface area contributed by atoms with Crippen LogP contribution < -0.4 is 0 Å². The topological polar surface area (TPSA) is 66.6 Å². The molecule has 3 aromatic rings. The van der Waals surface area contributed by atoms with E-state index in [1.165, 1.54) is 0 Å². The van der Waals surface area contributed by atoms with Crippen LogP contribution in [0.3, 0.4) is 0 Å². The van der Waals surface area contributed by atoms with Gasteiger partial charge in [-0.2, -0.15) is 5.26 Å². The van der Waals surface area contributed by atoms with Crippen molar-refractivity contribution in [1.29, 1.82) is 5.26 Å². The van der Waals surface area contributed by atoms with Crippen LogP contribution in [-0.2, 0) is 0 Å². The summed E-state index contributed by atoms with van der Waals surface area (Å²) >= 11 is 0. The molecule has 0 amide bonds. The highest BCUT2D eigenvalue weighted by Gasteiger charge is 2.39. The van der Waals surface area contributed by atoms with Crippen molar-refractivity contribution in [3.8, 4) is 17.5 Å². The lowest BCUT2D eigenvalue weighted by Crippen LogP contribution is -2.02. The van der Waals surface area contributed by atoms with Gasteiger partial charge in [0, 0.05) is 57.9 Å². The summed E-state index contributed by atoms with van der Waals surface area (Å²) in [7, 11) is 0. The molecule has 2 aromatic heterocycles. The Morgan fingerprint density at radius 1 is 0.929 bits per heavy atom. The number of carbonyl (C=O) groups excluding carboxylic acids is 1. The molecule has 0 unspecified atom stereocenters. The van der Waals surface area contributed by atoms with E-state index >= 15 is 0 Å². The minimum absolute atomic E-state index is 0.0781. The second kappa shape index (κ2) is 5.76. The number of hydrogen-bond donors (Lipinski definition) is 0. The number of carbonyl (C=O) groups is 1. The molecule has 0 bridgehead atoms. The first-order chi connectivity index (χ1) is 13.6. The summed E-state index contributed by atoms with van der Waals surface area (Å²) < 4.78 is 28.3. The third-order valence-corrected chi connectivity index (χ3v) is 4.91. The summed E-state index contributed by atoms with van der Waals surface area (Å²) in [5, 5.41) is 9.26. The van der Waals surface area contributed by atoms with Gasteiger partial charge in [0.1, 0.15) is 11.6 Å². The molecular weight excluding hydrogens is 360 g/mol. The number of fused-ring (bicyclic) bond motifs is 4. The number of allylic oxidation sites excluding steroid dienone is 3. The molecule has 6 heteroatoms. The molecule has 2 heterocycles. The van der Waals surface area contributed by atoms with E-state index in [2.05, 4.69) is 9.97 Å². The second-order valence-electron chi connectivity index (χ2n) is 6.38. The van der Waals surface area contributed by atoms with E-state index in [0.717, 1.165) is 12.1 Å². The summed E-state index contributed by atoms with van der Waals surface area (Å²) in [6.07, 6.45) is 4.39. The first-order valence-corrected chi connectivity index (χ1v) is 8.41. The lowest BCUT2D eigenvalue weighted by atomic mass is 9.93. The molecule has 132 valence electrons. The molecule has 0 aliphatic heterocycles. The van der Waals surface area contributed by atoms with Crippen LogP contribution in [-0.4, -0.2) is 15.8 Å². The quantitative estimate of drug-likeness (QED) is 0.342. The largest absolute Gasteiger partial charge is 0.288 e. The number of Topliss-reactive ketones (excluding diaryl/α,β-unsaturated/α-hetero) is 1. The first kappa shape index (κ1) is 16.2. The molecular formula is C22H9F2N3O. The van der Waals surface area contributed by atoms with E-state index in [-0.39, 0.29) is 22.3 Å². The molecule has 0 saturated heterocycles. The summed E-state index contributed by atoms with van der Waals surface area (Å²) in [6.45, 7) is 0. The van der Waals surface area contributed by atoms with Crippen LogP contribution in [0.5, 0.6) is 0 Å². The Morgan fingerprint density at radius 2 is 1.57 bits per heavy atom. The standard InChI is InChI=1S/C22H9F2N3O/c23-11-9-15-12(5-6-25)19(22(28)18(15)16(24)10-11)17-13-3-1-7-26-20(13)21-14(17)4-2-8-27-21/h1-5,7-10H/b12-5+. The molecule has 28 heavy (non-hydrogen) atoms. The van der Waals surface area contributed by atoms with Crippen molar-refractivity contribution in [2.45, 2.75) is 0 Å². The molecule has 4 nitrogen and oxygen atoms in total. The van der Waals surface area contributed by atoms with Crippen LogP contribution in [0.2, 0.25) is 0 Å². The number of nitriles is 1. The number of hydrogen-bond acceptors (Lipinski definition) is 4. The molecule has 2 aliphatic rings. The van der Waals surface area contributed by atoms with E-state index in [1.807, 2.05) is 6.07 Å². The summed E-state index contributed by atoms with van der Waals surface area (Å²) in [5.74, 6) is -2.35. The van der Waals surface area contributed by atoms with Gasteiger partial charge >= 0.3 is 0 Å². The molecule has 2 aliphatic carbocycles. The van der Waals surface area contributed by atoms with Crippen LogP contribution in [0, 0.1) is 23.0 Å². The van der Waals surface area contributed by atoms with Crippen molar-refractivity contribution < 1.29 is 13.6 Å². The Hall–Kier alpha value is -3.98. The fraction of sp³-hybridized carbons (Fsp3) is 0.